The van der Waals surface area contributed by atoms with Crippen molar-refractivity contribution in [2.24, 2.45) is 0 Å². The van der Waals surface area contributed by atoms with E-state index in [0.717, 1.165) is 11.4 Å². The highest BCUT2D eigenvalue weighted by Gasteiger charge is 2.45. The van der Waals surface area contributed by atoms with E-state index < -0.39 is 50.0 Å². The van der Waals surface area contributed by atoms with Crippen molar-refractivity contribution >= 4 is 24.1 Å². The molecule has 0 aromatic heterocycles. The smallest absolute Gasteiger partial charge is 0.388 e. The number of carbonyl (C=O) groups is 1. The van der Waals surface area contributed by atoms with Crippen LogP contribution in [0, 0.1) is 0 Å². The van der Waals surface area contributed by atoms with Gasteiger partial charge in [-0.05, 0) is 18.3 Å². The molecule has 1 amide bonds. The fourth-order valence-corrected chi connectivity index (χ4v) is 4.97. The molecule has 6 atom stereocenters. The van der Waals surface area contributed by atoms with E-state index in [0.29, 0.717) is 0 Å². The predicted molar refractivity (Wildman–Crippen MR) is 90.0 cm³/mol. The predicted octanol–water partition coefficient (Wildman–Crippen LogP) is -0.529. The number of carbonyl (C=O) groups excluding carboxylic acids is 1. The molecule has 1 rings (SSSR count). The molecule has 1 heterocycles. The quantitative estimate of drug-likeness (QED) is 0.278. The molecule has 0 saturated carbocycles. The second kappa shape index (κ2) is 10.8. The Bertz CT molecular complexity index is 469. The minimum Gasteiger partial charge on any atom is -0.394 e. The molecule has 10 nitrogen and oxygen atoms in total. The molecular formula is C13H26NO9PS. The minimum absolute atomic E-state index is 0.0484. The molecule has 4 N–H and O–H groups in total. The maximum absolute atomic E-state index is 12.1. The van der Waals surface area contributed by atoms with Crippen molar-refractivity contribution in [1.82, 2.24) is 5.32 Å². The number of hydrogen-bond acceptors (Lipinski definition) is 10. The summed E-state index contributed by atoms with van der Waals surface area (Å²) in [6.45, 7) is -0.550. The van der Waals surface area contributed by atoms with Crippen molar-refractivity contribution < 1.29 is 43.2 Å². The van der Waals surface area contributed by atoms with Gasteiger partial charge >= 0.3 is 6.80 Å². The average Bonchev–Trinajstić information content (AvgIpc) is 2.57. The summed E-state index contributed by atoms with van der Waals surface area (Å²) in [5.74, 6) is -0.203. The van der Waals surface area contributed by atoms with Crippen molar-refractivity contribution in [1.29, 1.82) is 0 Å². The Morgan fingerprint density at radius 3 is 2.56 bits per heavy atom. The lowest BCUT2D eigenvalue weighted by molar-refractivity contribution is -0.268. The Morgan fingerprint density at radius 1 is 1.36 bits per heavy atom. The van der Waals surface area contributed by atoms with E-state index in [9.17, 15) is 24.7 Å². The summed E-state index contributed by atoms with van der Waals surface area (Å²) in [6.07, 6.45) is -4.89. The summed E-state index contributed by atoms with van der Waals surface area (Å²) >= 11 is 0.942. The van der Waals surface area contributed by atoms with Crippen molar-refractivity contribution in [3.63, 3.8) is 0 Å². The van der Waals surface area contributed by atoms with Gasteiger partial charge in [-0.15, -0.1) is 0 Å². The highest BCUT2D eigenvalue weighted by molar-refractivity contribution is 8.55. The molecule has 1 saturated heterocycles. The van der Waals surface area contributed by atoms with E-state index in [2.05, 4.69) is 5.32 Å². The van der Waals surface area contributed by atoms with Gasteiger partial charge in [-0.1, -0.05) is 0 Å². The SMILES string of the molecule is CCOP(=O)(OC)SCCOC1OC(CO)C(O)C(O)C1NC(C)=O. The highest BCUT2D eigenvalue weighted by Crippen LogP contribution is 2.59. The largest absolute Gasteiger partial charge is 0.394 e. The standard InChI is InChI=1S/C13H26NO9PS/c1-4-22-24(19,20-3)25-6-5-21-13-10(14-8(2)16)12(18)11(17)9(7-15)23-13/h9-13,15,17-18H,4-7H2,1-3H3,(H,14,16). The molecule has 12 heteroatoms. The topological polar surface area (TPSA) is 144 Å². The first-order chi connectivity index (χ1) is 11.8. The van der Waals surface area contributed by atoms with Crippen molar-refractivity contribution in [2.75, 3.05) is 32.7 Å². The molecule has 0 bridgehead atoms. The van der Waals surface area contributed by atoms with E-state index in [4.69, 9.17) is 18.5 Å². The Hall–Kier alpha value is -0.230. The number of amides is 1. The van der Waals surface area contributed by atoms with Crippen LogP contribution < -0.4 is 5.32 Å². The number of ether oxygens (including phenoxy) is 2. The lowest BCUT2D eigenvalue weighted by atomic mass is 9.97. The zero-order valence-corrected chi connectivity index (χ0v) is 16.1. The zero-order valence-electron chi connectivity index (χ0n) is 14.4. The molecule has 1 aliphatic heterocycles. The number of nitrogens with one attached hydrogen (secondary N) is 1. The van der Waals surface area contributed by atoms with Gasteiger partial charge in [0, 0.05) is 19.8 Å². The minimum atomic E-state index is -3.25. The summed E-state index contributed by atoms with van der Waals surface area (Å²) in [6, 6.07) is -1.01. The van der Waals surface area contributed by atoms with E-state index in [-0.39, 0.29) is 19.0 Å². The Kier molecular flexibility index (Phi) is 9.86. The molecule has 0 aromatic carbocycles. The number of aliphatic hydroxyl groups excluding tert-OH is 3. The van der Waals surface area contributed by atoms with Crippen molar-refractivity contribution in [3.05, 3.63) is 0 Å². The van der Waals surface area contributed by atoms with Gasteiger partial charge in [0.1, 0.15) is 24.4 Å². The maximum Gasteiger partial charge on any atom is 0.388 e. The van der Waals surface area contributed by atoms with Crippen LogP contribution in [0.15, 0.2) is 0 Å². The molecule has 0 aliphatic carbocycles. The van der Waals surface area contributed by atoms with Gasteiger partial charge in [-0.25, -0.2) is 4.57 Å². The Morgan fingerprint density at radius 2 is 2.04 bits per heavy atom. The van der Waals surface area contributed by atoms with E-state index in [1.165, 1.54) is 14.0 Å². The van der Waals surface area contributed by atoms with Gasteiger partial charge in [0.25, 0.3) is 0 Å². The lowest BCUT2D eigenvalue weighted by Gasteiger charge is -2.42. The molecular weight excluding hydrogens is 377 g/mol. The van der Waals surface area contributed by atoms with Gasteiger partial charge in [0.15, 0.2) is 6.29 Å². The van der Waals surface area contributed by atoms with Crippen molar-refractivity contribution in [3.8, 4) is 0 Å². The first kappa shape index (κ1) is 22.8. The second-order valence-corrected chi connectivity index (χ2v) is 9.49. The van der Waals surface area contributed by atoms with Gasteiger partial charge in [-0.3, -0.25) is 4.79 Å². The third-order valence-corrected chi connectivity index (χ3v) is 7.32. The van der Waals surface area contributed by atoms with Gasteiger partial charge in [-0.2, -0.15) is 0 Å². The maximum atomic E-state index is 12.1. The van der Waals surface area contributed by atoms with E-state index in [1.54, 1.807) is 6.92 Å². The summed E-state index contributed by atoms with van der Waals surface area (Å²) in [7, 11) is 1.28. The van der Waals surface area contributed by atoms with Gasteiger partial charge in [0.2, 0.25) is 5.91 Å². The highest BCUT2D eigenvalue weighted by atomic mass is 32.7. The normalized spacial score (nSPS) is 32.2. The first-order valence-corrected chi connectivity index (χ1v) is 10.9. The summed E-state index contributed by atoms with van der Waals surface area (Å²) < 4.78 is 32.9. The molecule has 148 valence electrons. The molecule has 0 aromatic rings. The van der Waals surface area contributed by atoms with Crippen LogP contribution in [-0.4, -0.2) is 84.6 Å². The second-order valence-electron chi connectivity index (χ2n) is 5.18. The Labute approximate surface area is 150 Å². The number of rotatable bonds is 10. The van der Waals surface area contributed by atoms with Crippen LogP contribution in [0.4, 0.5) is 0 Å². The van der Waals surface area contributed by atoms with Crippen molar-refractivity contribution in [2.45, 2.75) is 44.5 Å². The van der Waals surface area contributed by atoms with Gasteiger partial charge < -0.3 is 39.2 Å². The summed E-state index contributed by atoms with van der Waals surface area (Å²) in [5, 5.41) is 31.7. The molecule has 6 unspecified atom stereocenters. The monoisotopic (exact) mass is 403 g/mol. The molecule has 1 fully saturated rings. The average molecular weight is 403 g/mol. The zero-order chi connectivity index (χ0) is 19.0. The fraction of sp³-hybridized carbons (Fsp3) is 0.923. The van der Waals surface area contributed by atoms with E-state index >= 15 is 0 Å². The number of hydrogen-bond donors (Lipinski definition) is 4. The van der Waals surface area contributed by atoms with E-state index in [1.807, 2.05) is 0 Å². The molecule has 0 spiro atoms. The van der Waals surface area contributed by atoms with Crippen LogP contribution in [-0.2, 0) is 27.9 Å². The van der Waals surface area contributed by atoms with Crippen LogP contribution in [0.2, 0.25) is 0 Å². The third-order valence-electron chi connectivity index (χ3n) is 3.38. The van der Waals surface area contributed by atoms with Crippen LogP contribution >= 0.6 is 18.2 Å². The van der Waals surface area contributed by atoms with Gasteiger partial charge in [0.05, 0.1) is 19.8 Å². The van der Waals surface area contributed by atoms with Crippen LogP contribution in [0.25, 0.3) is 0 Å². The summed E-state index contributed by atoms with van der Waals surface area (Å²) in [5.41, 5.74) is 0. The molecule has 1 aliphatic rings. The first-order valence-electron chi connectivity index (χ1n) is 7.74. The molecule has 25 heavy (non-hydrogen) atoms. The third kappa shape index (κ3) is 6.78. The Balaban J connectivity index is 2.62. The number of aliphatic hydroxyl groups is 3. The van der Waals surface area contributed by atoms with Crippen LogP contribution in [0.3, 0.4) is 0 Å². The fourth-order valence-electron chi connectivity index (χ4n) is 2.23. The van der Waals surface area contributed by atoms with Crippen LogP contribution in [0.5, 0.6) is 0 Å². The van der Waals surface area contributed by atoms with Crippen LogP contribution in [0.1, 0.15) is 13.8 Å². The molecule has 0 radical (unpaired) electrons. The lowest BCUT2D eigenvalue weighted by Crippen LogP contribution is -2.64. The summed E-state index contributed by atoms with van der Waals surface area (Å²) in [4.78, 5) is 11.3.